The van der Waals surface area contributed by atoms with E-state index in [1.54, 1.807) is 10.9 Å². The van der Waals surface area contributed by atoms with E-state index in [0.29, 0.717) is 17.5 Å². The summed E-state index contributed by atoms with van der Waals surface area (Å²) in [6.07, 6.45) is 4.81. The van der Waals surface area contributed by atoms with E-state index in [4.69, 9.17) is 16.3 Å². The molecule has 5 nitrogen and oxygen atoms in total. The van der Waals surface area contributed by atoms with Gasteiger partial charge in [0.15, 0.2) is 0 Å². The number of methoxy groups -OCH3 is 1. The summed E-state index contributed by atoms with van der Waals surface area (Å²) in [6.45, 7) is 5.17. The second kappa shape index (κ2) is 6.14. The van der Waals surface area contributed by atoms with Crippen molar-refractivity contribution >= 4 is 17.6 Å². The van der Waals surface area contributed by atoms with E-state index < -0.39 is 5.54 Å². The molecule has 0 spiro atoms. The number of nitrogens with one attached hydrogen (secondary N) is 1. The Labute approximate surface area is 124 Å². The Morgan fingerprint density at radius 3 is 2.80 bits per heavy atom. The summed E-state index contributed by atoms with van der Waals surface area (Å²) in [5.74, 6) is 0.0995. The third-order valence-corrected chi connectivity index (χ3v) is 4.18. The van der Waals surface area contributed by atoms with E-state index in [1.165, 1.54) is 7.11 Å². The van der Waals surface area contributed by atoms with Gasteiger partial charge in [-0.15, -0.1) is 0 Å². The first-order chi connectivity index (χ1) is 9.53. The number of aryl methyl sites for hydroxylation is 1. The normalized spacial score (nSPS) is 17.8. The van der Waals surface area contributed by atoms with Crippen molar-refractivity contribution in [2.75, 3.05) is 13.7 Å². The quantitative estimate of drug-likeness (QED) is 0.784. The molecule has 1 aromatic rings. The molecule has 20 heavy (non-hydrogen) atoms. The number of carbonyl (C=O) groups is 1. The number of hydrogen-bond donors (Lipinski definition) is 1. The minimum absolute atomic E-state index is 0.210. The molecule has 1 aliphatic rings. The zero-order valence-corrected chi connectivity index (χ0v) is 13.0. The van der Waals surface area contributed by atoms with Gasteiger partial charge in [-0.1, -0.05) is 18.5 Å². The molecule has 112 valence electrons. The molecule has 1 fully saturated rings. The van der Waals surface area contributed by atoms with Crippen molar-refractivity contribution in [1.82, 2.24) is 15.1 Å². The minimum Gasteiger partial charge on any atom is -0.468 e. The van der Waals surface area contributed by atoms with Crippen molar-refractivity contribution in [3.05, 3.63) is 16.9 Å². The van der Waals surface area contributed by atoms with Crippen LogP contribution in [0.15, 0.2) is 6.20 Å². The first-order valence-electron chi connectivity index (χ1n) is 7.06. The second-order valence-corrected chi connectivity index (χ2v) is 5.83. The van der Waals surface area contributed by atoms with E-state index in [2.05, 4.69) is 17.3 Å². The largest absolute Gasteiger partial charge is 0.468 e. The van der Waals surface area contributed by atoms with Gasteiger partial charge < -0.3 is 10.1 Å². The predicted octanol–water partition coefficient (Wildman–Crippen LogP) is 2.17. The maximum atomic E-state index is 12.4. The summed E-state index contributed by atoms with van der Waals surface area (Å²) in [7, 11) is 1.44. The Kier molecular flexibility index (Phi) is 4.70. The highest BCUT2D eigenvalue weighted by Crippen LogP contribution is 2.41. The third-order valence-electron chi connectivity index (χ3n) is 3.81. The number of hydrogen-bond acceptors (Lipinski definition) is 4. The van der Waals surface area contributed by atoms with Gasteiger partial charge in [0.1, 0.15) is 5.54 Å². The third kappa shape index (κ3) is 2.99. The van der Waals surface area contributed by atoms with Gasteiger partial charge in [0.2, 0.25) is 0 Å². The zero-order valence-electron chi connectivity index (χ0n) is 12.3. The monoisotopic (exact) mass is 299 g/mol. The average molecular weight is 300 g/mol. The molecule has 0 saturated heterocycles. The number of aromatic nitrogens is 2. The molecule has 1 N–H and O–H groups in total. The number of nitrogens with zero attached hydrogens (tertiary/aromatic N) is 2. The van der Waals surface area contributed by atoms with E-state index in [9.17, 15) is 4.79 Å². The molecule has 1 aromatic heterocycles. The van der Waals surface area contributed by atoms with Gasteiger partial charge in [0.05, 0.1) is 24.4 Å². The van der Waals surface area contributed by atoms with Crippen molar-refractivity contribution in [3.63, 3.8) is 0 Å². The number of carbonyl (C=O) groups excluding carboxylic acids is 1. The summed E-state index contributed by atoms with van der Waals surface area (Å²) in [4.78, 5) is 12.4. The smallest absolute Gasteiger partial charge is 0.328 e. The second-order valence-electron chi connectivity index (χ2n) is 5.42. The maximum absolute atomic E-state index is 12.4. The Morgan fingerprint density at radius 1 is 1.65 bits per heavy atom. The van der Waals surface area contributed by atoms with Crippen LogP contribution in [0.2, 0.25) is 5.02 Å². The molecule has 2 rings (SSSR count). The van der Waals surface area contributed by atoms with Crippen molar-refractivity contribution in [2.45, 2.75) is 45.2 Å². The van der Waals surface area contributed by atoms with Crippen LogP contribution >= 0.6 is 11.6 Å². The van der Waals surface area contributed by atoms with Crippen LogP contribution in [0.3, 0.4) is 0 Å². The number of halogens is 1. The van der Waals surface area contributed by atoms with Crippen LogP contribution in [-0.2, 0) is 16.1 Å². The van der Waals surface area contributed by atoms with Crippen LogP contribution in [0.1, 0.15) is 31.9 Å². The van der Waals surface area contributed by atoms with Crippen LogP contribution in [0.25, 0.3) is 0 Å². The topological polar surface area (TPSA) is 56.2 Å². The molecule has 1 aliphatic carbocycles. The molecule has 1 heterocycles. The van der Waals surface area contributed by atoms with Crippen molar-refractivity contribution in [3.8, 4) is 0 Å². The Hall–Kier alpha value is -1.07. The Bertz CT molecular complexity index is 465. The summed E-state index contributed by atoms with van der Waals surface area (Å²) in [5, 5.41) is 8.38. The molecule has 0 bridgehead atoms. The molecule has 1 atom stereocenters. The van der Waals surface area contributed by atoms with Crippen LogP contribution < -0.4 is 5.32 Å². The molecule has 0 amide bonds. The van der Waals surface area contributed by atoms with Gasteiger partial charge in [-0.25, -0.2) is 4.79 Å². The van der Waals surface area contributed by atoms with Gasteiger partial charge >= 0.3 is 5.97 Å². The highest BCUT2D eigenvalue weighted by molar-refractivity contribution is 6.31. The maximum Gasteiger partial charge on any atom is 0.328 e. The zero-order chi connectivity index (χ0) is 14.8. The standard InChI is InChI=1S/C14H22ClN3O2/c1-4-7-16-14(11-5-6-11,13(19)20-3)9-18-8-12(15)10(2)17-18/h8,11,16H,4-7,9H2,1-3H3. The highest BCUT2D eigenvalue weighted by Gasteiger charge is 2.52. The number of esters is 1. The van der Waals surface area contributed by atoms with E-state index in [-0.39, 0.29) is 5.97 Å². The van der Waals surface area contributed by atoms with Gasteiger partial charge in [0.25, 0.3) is 0 Å². The van der Waals surface area contributed by atoms with Gasteiger partial charge in [0, 0.05) is 6.20 Å². The molecule has 6 heteroatoms. The molecular weight excluding hydrogens is 278 g/mol. The summed E-state index contributed by atoms with van der Waals surface area (Å²) < 4.78 is 6.79. The van der Waals surface area contributed by atoms with E-state index in [0.717, 1.165) is 31.5 Å². The van der Waals surface area contributed by atoms with Crippen molar-refractivity contribution < 1.29 is 9.53 Å². The lowest BCUT2D eigenvalue weighted by Crippen LogP contribution is -2.57. The molecule has 0 radical (unpaired) electrons. The van der Waals surface area contributed by atoms with Gasteiger partial charge in [-0.2, -0.15) is 5.10 Å². The summed E-state index contributed by atoms with van der Waals surface area (Å²) >= 11 is 6.05. The molecule has 0 aromatic carbocycles. The van der Waals surface area contributed by atoms with Crippen molar-refractivity contribution in [1.29, 1.82) is 0 Å². The first kappa shape index (κ1) is 15.3. The number of rotatable bonds is 7. The molecule has 0 aliphatic heterocycles. The van der Waals surface area contributed by atoms with Crippen LogP contribution in [0.4, 0.5) is 0 Å². The van der Waals surface area contributed by atoms with Crippen LogP contribution in [-0.4, -0.2) is 34.9 Å². The van der Waals surface area contributed by atoms with Crippen molar-refractivity contribution in [2.24, 2.45) is 5.92 Å². The Morgan fingerprint density at radius 2 is 2.35 bits per heavy atom. The lowest BCUT2D eigenvalue weighted by Gasteiger charge is -2.32. The lowest BCUT2D eigenvalue weighted by molar-refractivity contribution is -0.150. The lowest BCUT2D eigenvalue weighted by atomic mass is 9.92. The predicted molar refractivity (Wildman–Crippen MR) is 77.7 cm³/mol. The average Bonchev–Trinajstić information content (AvgIpc) is 3.22. The van der Waals surface area contributed by atoms with E-state index >= 15 is 0 Å². The van der Waals surface area contributed by atoms with Crippen LogP contribution in [0, 0.1) is 12.8 Å². The summed E-state index contributed by atoms with van der Waals surface area (Å²) in [6, 6.07) is 0. The fraction of sp³-hybridized carbons (Fsp3) is 0.714. The minimum atomic E-state index is -0.688. The SMILES string of the molecule is CCCNC(Cn1cc(Cl)c(C)n1)(C(=O)OC)C1CC1. The summed E-state index contributed by atoms with van der Waals surface area (Å²) in [5.41, 5.74) is 0.0868. The van der Waals surface area contributed by atoms with E-state index in [1.807, 2.05) is 6.92 Å². The molecule has 1 saturated carbocycles. The molecule has 1 unspecified atom stereocenters. The highest BCUT2D eigenvalue weighted by atomic mass is 35.5. The van der Waals surface area contributed by atoms with Gasteiger partial charge in [-0.05, 0) is 38.6 Å². The first-order valence-corrected chi connectivity index (χ1v) is 7.44. The Balaban J connectivity index is 2.26. The van der Waals surface area contributed by atoms with Gasteiger partial charge in [-0.3, -0.25) is 4.68 Å². The number of ether oxygens (including phenoxy) is 1. The molecular formula is C14H22ClN3O2. The van der Waals surface area contributed by atoms with Crippen LogP contribution in [0.5, 0.6) is 0 Å². The fourth-order valence-electron chi connectivity index (χ4n) is 2.57. The fourth-order valence-corrected chi connectivity index (χ4v) is 2.72.